The van der Waals surface area contributed by atoms with Crippen LogP contribution in [0.4, 0.5) is 0 Å². The molecule has 1 unspecified atom stereocenters. The second-order valence-electron chi connectivity index (χ2n) is 5.08. The Labute approximate surface area is 107 Å². The molecule has 6 heteroatoms. The number of nitrogens with one attached hydrogen (secondary N) is 1. The lowest BCUT2D eigenvalue weighted by molar-refractivity contribution is 0.0252. The van der Waals surface area contributed by atoms with Crippen LogP contribution in [0, 0.1) is 6.92 Å². The molecule has 0 aromatic carbocycles. The van der Waals surface area contributed by atoms with Gasteiger partial charge < -0.3 is 15.3 Å². The van der Waals surface area contributed by atoms with Crippen LogP contribution in [0.3, 0.4) is 0 Å². The molecule has 0 aliphatic carbocycles. The molecule has 1 aromatic rings. The molecule has 2 heterocycles. The van der Waals surface area contributed by atoms with E-state index in [1.54, 1.807) is 29.9 Å². The average Bonchev–Trinajstić information content (AvgIpc) is 2.87. The summed E-state index contributed by atoms with van der Waals surface area (Å²) < 4.78 is 1.67. The van der Waals surface area contributed by atoms with Gasteiger partial charge in [-0.05, 0) is 19.9 Å². The van der Waals surface area contributed by atoms with Crippen LogP contribution in [0.2, 0.25) is 0 Å². The van der Waals surface area contributed by atoms with Crippen molar-refractivity contribution in [1.29, 1.82) is 0 Å². The smallest absolute Gasteiger partial charge is 0.257 e. The highest BCUT2D eigenvalue weighted by Gasteiger charge is 2.34. The molecule has 6 nitrogen and oxygen atoms in total. The Morgan fingerprint density at radius 1 is 1.72 bits per heavy atom. The van der Waals surface area contributed by atoms with Gasteiger partial charge in [-0.15, -0.1) is 0 Å². The zero-order valence-electron chi connectivity index (χ0n) is 11.1. The maximum atomic E-state index is 12.2. The standard InChI is InChI=1S/C12H20N4O2/c1-9-10(6-14-16(9)3)11(17)15(2)8-12(18)4-5-13-7-12/h6,13,18H,4-5,7-8H2,1-3H3. The SMILES string of the molecule is Cc1c(C(=O)N(C)CC2(O)CCNC2)cnn1C. The monoisotopic (exact) mass is 252 g/mol. The van der Waals surface area contributed by atoms with E-state index >= 15 is 0 Å². The predicted octanol–water partition coefficient (Wildman–Crippen LogP) is -0.475. The lowest BCUT2D eigenvalue weighted by Crippen LogP contribution is -2.45. The van der Waals surface area contributed by atoms with Crippen molar-refractivity contribution >= 4 is 5.91 Å². The van der Waals surface area contributed by atoms with Gasteiger partial charge in [-0.25, -0.2) is 0 Å². The van der Waals surface area contributed by atoms with Crippen molar-refractivity contribution < 1.29 is 9.90 Å². The van der Waals surface area contributed by atoms with Crippen LogP contribution in [0.25, 0.3) is 0 Å². The van der Waals surface area contributed by atoms with Gasteiger partial charge in [0.05, 0.1) is 23.9 Å². The van der Waals surface area contributed by atoms with Crippen molar-refractivity contribution in [3.63, 3.8) is 0 Å². The van der Waals surface area contributed by atoms with Gasteiger partial charge in [0.15, 0.2) is 0 Å². The van der Waals surface area contributed by atoms with Gasteiger partial charge in [-0.1, -0.05) is 0 Å². The molecule has 1 amide bonds. The van der Waals surface area contributed by atoms with Crippen molar-refractivity contribution in [3.8, 4) is 0 Å². The summed E-state index contributed by atoms with van der Waals surface area (Å²) in [6, 6.07) is 0. The summed E-state index contributed by atoms with van der Waals surface area (Å²) in [4.78, 5) is 13.8. The Bertz CT molecular complexity index is 449. The Hall–Kier alpha value is -1.40. The van der Waals surface area contributed by atoms with Crippen molar-refractivity contribution in [2.45, 2.75) is 18.9 Å². The molecule has 2 N–H and O–H groups in total. The molecule has 1 aromatic heterocycles. The number of nitrogens with zero attached hydrogens (tertiary/aromatic N) is 3. The minimum Gasteiger partial charge on any atom is -0.387 e. The number of aromatic nitrogens is 2. The number of hydrogen-bond donors (Lipinski definition) is 2. The van der Waals surface area contributed by atoms with Gasteiger partial charge in [0.25, 0.3) is 5.91 Å². The van der Waals surface area contributed by atoms with Crippen LogP contribution in [-0.2, 0) is 7.05 Å². The van der Waals surface area contributed by atoms with Crippen molar-refractivity contribution in [3.05, 3.63) is 17.5 Å². The molecule has 1 aliphatic rings. The first-order chi connectivity index (χ1) is 8.43. The summed E-state index contributed by atoms with van der Waals surface area (Å²) in [5.41, 5.74) is 0.624. The highest BCUT2D eigenvalue weighted by atomic mass is 16.3. The molecule has 0 spiro atoms. The largest absolute Gasteiger partial charge is 0.387 e. The summed E-state index contributed by atoms with van der Waals surface area (Å²) in [7, 11) is 3.52. The third kappa shape index (κ3) is 2.39. The van der Waals surface area contributed by atoms with Crippen molar-refractivity contribution in [2.24, 2.45) is 7.05 Å². The minimum absolute atomic E-state index is 0.0964. The predicted molar refractivity (Wildman–Crippen MR) is 67.3 cm³/mol. The fourth-order valence-corrected chi connectivity index (χ4v) is 2.29. The van der Waals surface area contributed by atoms with E-state index in [0.29, 0.717) is 25.1 Å². The normalized spacial score (nSPS) is 23.3. The topological polar surface area (TPSA) is 70.4 Å². The number of likely N-dealkylation sites (N-methyl/N-ethyl adjacent to an activating group) is 1. The molecule has 0 bridgehead atoms. The molecule has 0 radical (unpaired) electrons. The first-order valence-electron chi connectivity index (χ1n) is 6.10. The molecule has 1 aliphatic heterocycles. The van der Waals surface area contributed by atoms with Crippen LogP contribution >= 0.6 is 0 Å². The molecule has 1 saturated heterocycles. The average molecular weight is 252 g/mol. The lowest BCUT2D eigenvalue weighted by Gasteiger charge is -2.27. The van der Waals surface area contributed by atoms with E-state index in [1.807, 2.05) is 6.92 Å². The van der Waals surface area contributed by atoms with Crippen molar-refractivity contribution in [1.82, 2.24) is 20.0 Å². The van der Waals surface area contributed by atoms with Crippen molar-refractivity contribution in [2.75, 3.05) is 26.7 Å². The number of β-amino-alcohol motifs (C(OH)–C–C–N with tert-alkyl or cyclic N) is 1. The van der Waals surface area contributed by atoms with Crippen LogP contribution in [0.5, 0.6) is 0 Å². The van der Waals surface area contributed by atoms with E-state index in [1.165, 1.54) is 0 Å². The first kappa shape index (κ1) is 13.0. The molecular formula is C12H20N4O2. The van der Waals surface area contributed by atoms with E-state index in [4.69, 9.17) is 0 Å². The molecule has 2 rings (SSSR count). The quantitative estimate of drug-likeness (QED) is 0.762. The number of hydrogen-bond acceptors (Lipinski definition) is 4. The van der Waals surface area contributed by atoms with Gasteiger partial charge >= 0.3 is 0 Å². The van der Waals surface area contributed by atoms with Gasteiger partial charge in [0, 0.05) is 26.3 Å². The maximum absolute atomic E-state index is 12.2. The number of aliphatic hydroxyl groups is 1. The van der Waals surface area contributed by atoms with Gasteiger partial charge in [-0.2, -0.15) is 5.10 Å². The first-order valence-corrected chi connectivity index (χ1v) is 6.10. The van der Waals surface area contributed by atoms with Crippen LogP contribution in [0.1, 0.15) is 22.5 Å². The fraction of sp³-hybridized carbons (Fsp3) is 0.667. The summed E-state index contributed by atoms with van der Waals surface area (Å²) in [5, 5.41) is 17.4. The highest BCUT2D eigenvalue weighted by Crippen LogP contribution is 2.17. The van der Waals surface area contributed by atoms with Gasteiger partial charge in [-0.3, -0.25) is 9.48 Å². The fourth-order valence-electron chi connectivity index (χ4n) is 2.29. The number of rotatable bonds is 3. The summed E-state index contributed by atoms with van der Waals surface area (Å²) >= 11 is 0. The van der Waals surface area contributed by atoms with Crippen LogP contribution in [0.15, 0.2) is 6.20 Å². The second-order valence-corrected chi connectivity index (χ2v) is 5.08. The molecule has 0 saturated carbocycles. The maximum Gasteiger partial charge on any atom is 0.257 e. The van der Waals surface area contributed by atoms with Gasteiger partial charge in [0.1, 0.15) is 0 Å². The number of aryl methyl sites for hydroxylation is 1. The number of carbonyl (C=O) groups excluding carboxylic acids is 1. The Morgan fingerprint density at radius 2 is 2.44 bits per heavy atom. The van der Waals surface area contributed by atoms with E-state index in [-0.39, 0.29) is 5.91 Å². The molecular weight excluding hydrogens is 232 g/mol. The van der Waals surface area contributed by atoms with E-state index < -0.39 is 5.60 Å². The van der Waals surface area contributed by atoms with E-state index in [9.17, 15) is 9.90 Å². The second kappa shape index (κ2) is 4.70. The molecule has 18 heavy (non-hydrogen) atoms. The van der Waals surface area contributed by atoms with E-state index in [2.05, 4.69) is 10.4 Å². The van der Waals surface area contributed by atoms with E-state index in [0.717, 1.165) is 12.2 Å². The summed E-state index contributed by atoms with van der Waals surface area (Å²) in [6.07, 6.45) is 2.25. The third-order valence-electron chi connectivity index (χ3n) is 3.57. The molecule has 100 valence electrons. The number of amides is 1. The van der Waals surface area contributed by atoms with Crippen LogP contribution in [-0.4, -0.2) is 58.0 Å². The molecule has 1 fully saturated rings. The van der Waals surface area contributed by atoms with Crippen LogP contribution < -0.4 is 5.32 Å². The summed E-state index contributed by atoms with van der Waals surface area (Å²) in [6.45, 7) is 3.54. The highest BCUT2D eigenvalue weighted by molar-refractivity contribution is 5.94. The molecule has 1 atom stereocenters. The zero-order valence-corrected chi connectivity index (χ0v) is 11.1. The number of carbonyl (C=O) groups is 1. The third-order valence-corrected chi connectivity index (χ3v) is 3.57. The Kier molecular flexibility index (Phi) is 3.41. The summed E-state index contributed by atoms with van der Waals surface area (Å²) in [5.74, 6) is -0.0964. The lowest BCUT2D eigenvalue weighted by atomic mass is 10.0. The Morgan fingerprint density at radius 3 is 2.94 bits per heavy atom. The Balaban J connectivity index is 2.07. The van der Waals surface area contributed by atoms with Gasteiger partial charge in [0.2, 0.25) is 0 Å². The zero-order chi connectivity index (χ0) is 13.3. The minimum atomic E-state index is -0.805.